The number of nitrogens with one attached hydrogen (secondary N) is 1. The lowest BCUT2D eigenvalue weighted by Gasteiger charge is -2.00. The Kier molecular flexibility index (Phi) is 8.65. The molecule has 0 aliphatic heterocycles. The van der Waals surface area contributed by atoms with Gasteiger partial charge in [-0.15, -0.1) is 10.2 Å². The van der Waals surface area contributed by atoms with Crippen molar-refractivity contribution in [3.63, 3.8) is 0 Å². The molecular formula is C18H13Cl3N4OS3. The molecule has 0 atom stereocenters. The van der Waals surface area contributed by atoms with Gasteiger partial charge in [-0.05, 0) is 29.3 Å². The maximum Gasteiger partial charge on any atom is 0.250 e. The Bertz CT molecular complexity index is 1030. The highest BCUT2D eigenvalue weighted by atomic mass is 35.5. The molecule has 3 aromatic rings. The van der Waals surface area contributed by atoms with Crippen molar-refractivity contribution in [2.24, 2.45) is 5.10 Å². The molecule has 1 amide bonds. The third-order valence-corrected chi connectivity index (χ3v) is 7.72. The Morgan fingerprint density at radius 1 is 1.03 bits per heavy atom. The van der Waals surface area contributed by atoms with Gasteiger partial charge in [0.05, 0.1) is 22.0 Å². The highest BCUT2D eigenvalue weighted by Crippen LogP contribution is 2.32. The SMILES string of the molecule is O=C(CSc1nnc(SCc2ccccc2Cl)s1)N/N=C\c1ccc(Cl)c(Cl)c1. The molecule has 1 heterocycles. The molecule has 1 N–H and O–H groups in total. The lowest BCUT2D eigenvalue weighted by Crippen LogP contribution is -2.19. The first kappa shape index (κ1) is 22.4. The van der Waals surface area contributed by atoms with E-state index in [1.54, 1.807) is 30.0 Å². The number of hydrazone groups is 1. The van der Waals surface area contributed by atoms with Gasteiger partial charge in [-0.1, -0.05) is 93.9 Å². The van der Waals surface area contributed by atoms with Crippen molar-refractivity contribution in [2.75, 3.05) is 5.75 Å². The molecule has 150 valence electrons. The van der Waals surface area contributed by atoms with Crippen LogP contribution in [0.1, 0.15) is 11.1 Å². The van der Waals surface area contributed by atoms with Gasteiger partial charge < -0.3 is 0 Å². The molecule has 1 aromatic heterocycles. The number of halogens is 3. The average molecular weight is 504 g/mol. The minimum Gasteiger partial charge on any atom is -0.272 e. The number of aromatic nitrogens is 2. The van der Waals surface area contributed by atoms with Crippen molar-refractivity contribution < 1.29 is 4.79 Å². The number of nitrogens with zero attached hydrogens (tertiary/aromatic N) is 3. The summed E-state index contributed by atoms with van der Waals surface area (Å²) in [7, 11) is 0. The minimum absolute atomic E-state index is 0.183. The van der Waals surface area contributed by atoms with Gasteiger partial charge in [-0.3, -0.25) is 4.79 Å². The summed E-state index contributed by atoms with van der Waals surface area (Å²) in [6.45, 7) is 0. The van der Waals surface area contributed by atoms with Gasteiger partial charge in [0, 0.05) is 10.8 Å². The van der Waals surface area contributed by atoms with Crippen LogP contribution in [0, 0.1) is 0 Å². The molecule has 5 nitrogen and oxygen atoms in total. The van der Waals surface area contributed by atoms with E-state index < -0.39 is 0 Å². The minimum atomic E-state index is -0.244. The Labute approximate surface area is 195 Å². The van der Waals surface area contributed by atoms with Gasteiger partial charge >= 0.3 is 0 Å². The topological polar surface area (TPSA) is 67.2 Å². The fourth-order valence-corrected chi connectivity index (χ4v) is 5.40. The molecule has 0 saturated heterocycles. The van der Waals surface area contributed by atoms with Gasteiger partial charge in [0.1, 0.15) is 0 Å². The van der Waals surface area contributed by atoms with Crippen LogP contribution in [0.3, 0.4) is 0 Å². The van der Waals surface area contributed by atoms with Crippen molar-refractivity contribution in [1.82, 2.24) is 15.6 Å². The molecule has 0 saturated carbocycles. The molecule has 3 rings (SSSR count). The second kappa shape index (κ2) is 11.2. The van der Waals surface area contributed by atoms with E-state index in [1.807, 2.05) is 24.3 Å². The van der Waals surface area contributed by atoms with E-state index in [0.717, 1.165) is 24.8 Å². The fraction of sp³-hybridized carbons (Fsp3) is 0.111. The van der Waals surface area contributed by atoms with E-state index in [-0.39, 0.29) is 11.7 Å². The van der Waals surface area contributed by atoms with E-state index >= 15 is 0 Å². The van der Waals surface area contributed by atoms with Crippen LogP contribution in [0.15, 0.2) is 56.2 Å². The summed E-state index contributed by atoms with van der Waals surface area (Å²) < 4.78 is 1.54. The van der Waals surface area contributed by atoms with Crippen LogP contribution in [-0.4, -0.2) is 28.1 Å². The van der Waals surface area contributed by atoms with Crippen LogP contribution in [0.5, 0.6) is 0 Å². The molecule has 0 bridgehead atoms. The summed E-state index contributed by atoms with van der Waals surface area (Å²) in [6.07, 6.45) is 1.50. The van der Waals surface area contributed by atoms with E-state index in [0.29, 0.717) is 15.8 Å². The molecule has 0 aliphatic carbocycles. The zero-order valence-corrected chi connectivity index (χ0v) is 19.4. The predicted molar refractivity (Wildman–Crippen MR) is 124 cm³/mol. The molecule has 0 radical (unpaired) electrons. The molecule has 0 fully saturated rings. The smallest absolute Gasteiger partial charge is 0.250 e. The number of amides is 1. The standard InChI is InChI=1S/C18H13Cl3N4OS3/c19-13-4-2-1-3-12(13)9-27-17-24-25-18(29-17)28-10-16(26)23-22-8-11-5-6-14(20)15(21)7-11/h1-8H,9-10H2,(H,23,26)/b22-8-. The van der Waals surface area contributed by atoms with Crippen molar-refractivity contribution in [1.29, 1.82) is 0 Å². The second-order valence-electron chi connectivity index (χ2n) is 5.47. The molecular weight excluding hydrogens is 491 g/mol. The molecule has 29 heavy (non-hydrogen) atoms. The third-order valence-electron chi connectivity index (χ3n) is 3.37. The van der Waals surface area contributed by atoms with Crippen LogP contribution in [0.2, 0.25) is 15.1 Å². The highest BCUT2D eigenvalue weighted by Gasteiger charge is 2.09. The van der Waals surface area contributed by atoms with E-state index in [9.17, 15) is 4.79 Å². The predicted octanol–water partition coefficient (Wildman–Crippen LogP) is 6.03. The van der Waals surface area contributed by atoms with Crippen molar-refractivity contribution in [2.45, 2.75) is 14.4 Å². The molecule has 2 aromatic carbocycles. The number of thioether (sulfide) groups is 2. The Morgan fingerprint density at radius 3 is 2.55 bits per heavy atom. The number of hydrogen-bond donors (Lipinski definition) is 1. The maximum absolute atomic E-state index is 11.9. The zero-order chi connectivity index (χ0) is 20.6. The van der Waals surface area contributed by atoms with Crippen molar-refractivity contribution in [3.8, 4) is 0 Å². The van der Waals surface area contributed by atoms with E-state index in [2.05, 4.69) is 20.7 Å². The largest absolute Gasteiger partial charge is 0.272 e. The first-order chi connectivity index (χ1) is 14.0. The number of benzene rings is 2. The van der Waals surface area contributed by atoms with Crippen LogP contribution in [0.4, 0.5) is 0 Å². The molecule has 0 unspecified atom stereocenters. The quantitative estimate of drug-likeness (QED) is 0.231. The van der Waals surface area contributed by atoms with Crippen molar-refractivity contribution in [3.05, 3.63) is 68.7 Å². The zero-order valence-electron chi connectivity index (χ0n) is 14.6. The van der Waals surface area contributed by atoms with E-state index in [1.165, 1.54) is 29.3 Å². The average Bonchev–Trinajstić information content (AvgIpc) is 3.16. The summed E-state index contributed by atoms with van der Waals surface area (Å²) in [5, 5.41) is 13.8. The lowest BCUT2D eigenvalue weighted by atomic mass is 10.2. The van der Waals surface area contributed by atoms with Crippen LogP contribution in [-0.2, 0) is 10.5 Å². The van der Waals surface area contributed by atoms with Crippen molar-refractivity contribution >= 4 is 81.8 Å². The third kappa shape index (κ3) is 7.16. The van der Waals surface area contributed by atoms with Crippen LogP contribution < -0.4 is 5.43 Å². The molecule has 0 aliphatic rings. The summed E-state index contributed by atoms with van der Waals surface area (Å²) in [6, 6.07) is 12.8. The Hall–Kier alpha value is -1.29. The van der Waals surface area contributed by atoms with Gasteiger partial charge in [-0.25, -0.2) is 5.43 Å². The number of hydrogen-bond acceptors (Lipinski definition) is 7. The first-order valence-corrected chi connectivity index (χ1v) is 12.0. The van der Waals surface area contributed by atoms with Gasteiger partial charge in [-0.2, -0.15) is 5.10 Å². The Balaban J connectivity index is 1.43. The lowest BCUT2D eigenvalue weighted by molar-refractivity contribution is -0.118. The first-order valence-electron chi connectivity index (χ1n) is 8.11. The van der Waals surface area contributed by atoms with Crippen LogP contribution >= 0.6 is 69.7 Å². The normalized spacial score (nSPS) is 11.1. The highest BCUT2D eigenvalue weighted by molar-refractivity contribution is 8.03. The number of carbonyl (C=O) groups is 1. The molecule has 0 spiro atoms. The summed E-state index contributed by atoms with van der Waals surface area (Å²) >= 11 is 22.3. The number of rotatable bonds is 8. The fourth-order valence-electron chi connectivity index (χ4n) is 2.00. The number of carbonyl (C=O) groups excluding carboxylic acids is 1. The monoisotopic (exact) mass is 502 g/mol. The van der Waals surface area contributed by atoms with Gasteiger partial charge in [0.15, 0.2) is 8.68 Å². The van der Waals surface area contributed by atoms with Gasteiger partial charge in [0.25, 0.3) is 5.91 Å². The van der Waals surface area contributed by atoms with Gasteiger partial charge in [0.2, 0.25) is 0 Å². The maximum atomic E-state index is 11.9. The summed E-state index contributed by atoms with van der Waals surface area (Å²) in [5.41, 5.74) is 4.24. The molecule has 11 heteroatoms. The summed E-state index contributed by atoms with van der Waals surface area (Å²) in [5.74, 6) is 0.651. The van der Waals surface area contributed by atoms with Crippen LogP contribution in [0.25, 0.3) is 0 Å². The second-order valence-corrected chi connectivity index (χ2v) is 10.1. The summed E-state index contributed by atoms with van der Waals surface area (Å²) in [4.78, 5) is 11.9. The van der Waals surface area contributed by atoms with E-state index in [4.69, 9.17) is 34.8 Å². The Morgan fingerprint density at radius 2 is 1.79 bits per heavy atom.